The minimum absolute atomic E-state index is 0.104. The number of rotatable bonds is 6. The molecule has 0 spiro atoms. The Balaban J connectivity index is 1.62. The number of anilines is 1. The van der Waals surface area contributed by atoms with Crippen molar-refractivity contribution in [2.24, 2.45) is 0 Å². The summed E-state index contributed by atoms with van der Waals surface area (Å²) in [6.45, 7) is 6.38. The highest BCUT2D eigenvalue weighted by Crippen LogP contribution is 2.37. The fraction of sp³-hybridized carbons (Fsp3) is 0.500. The summed E-state index contributed by atoms with van der Waals surface area (Å²) in [5, 5.41) is 8.00. The van der Waals surface area contributed by atoms with Gasteiger partial charge in [0.1, 0.15) is 5.76 Å². The summed E-state index contributed by atoms with van der Waals surface area (Å²) in [5.41, 5.74) is 4.23. The Morgan fingerprint density at radius 1 is 1.23 bits per heavy atom. The first-order valence-electron chi connectivity index (χ1n) is 10.5. The molecule has 31 heavy (non-hydrogen) atoms. The minimum Gasteiger partial charge on any atom is -0.361 e. The van der Waals surface area contributed by atoms with E-state index in [1.54, 1.807) is 6.20 Å². The smallest absolute Gasteiger partial charge is 0.225 e. The maximum absolute atomic E-state index is 13.2. The highest BCUT2D eigenvalue weighted by Gasteiger charge is 2.34. The van der Waals surface area contributed by atoms with E-state index in [0.717, 1.165) is 46.8 Å². The number of aryl methyl sites for hydroxylation is 3. The van der Waals surface area contributed by atoms with Gasteiger partial charge in [-0.25, -0.2) is 9.97 Å². The Morgan fingerprint density at radius 2 is 2.03 bits per heavy atom. The van der Waals surface area contributed by atoms with Gasteiger partial charge in [0.15, 0.2) is 5.76 Å². The number of carbonyl (C=O) groups is 1. The zero-order chi connectivity index (χ0) is 22.1. The molecular formula is C22H28N6O3. The first-order chi connectivity index (χ1) is 14.8. The van der Waals surface area contributed by atoms with Crippen LogP contribution in [0.25, 0.3) is 11.3 Å². The molecule has 4 heterocycles. The fourth-order valence-electron chi connectivity index (χ4n) is 4.12. The molecule has 9 nitrogen and oxygen atoms in total. The van der Waals surface area contributed by atoms with Crippen molar-refractivity contribution in [1.82, 2.24) is 25.2 Å². The molecule has 1 atom stereocenters. The second kappa shape index (κ2) is 8.49. The number of hydrogen-bond acceptors (Lipinski definition) is 8. The van der Waals surface area contributed by atoms with Crippen molar-refractivity contribution in [3.8, 4) is 11.3 Å². The summed E-state index contributed by atoms with van der Waals surface area (Å²) in [6, 6.07) is 1.75. The van der Waals surface area contributed by atoms with Gasteiger partial charge in [-0.1, -0.05) is 10.3 Å². The SMILES string of the molecule is Cc1cc(-c2cnc(N(C)C)nc2[C@@H]2CCCN2C(=O)CCc2c(C)noc2C)on1. The number of hydrogen-bond donors (Lipinski definition) is 0. The molecule has 0 unspecified atom stereocenters. The van der Waals surface area contributed by atoms with Crippen LogP contribution in [0.2, 0.25) is 0 Å². The van der Waals surface area contributed by atoms with E-state index in [9.17, 15) is 4.79 Å². The van der Waals surface area contributed by atoms with E-state index in [1.165, 1.54) is 0 Å². The lowest BCUT2D eigenvalue weighted by molar-refractivity contribution is -0.132. The molecule has 4 rings (SSSR count). The standard InChI is InChI=1S/C22H28N6O3/c1-13-11-19(31-25-13)17-12-23-22(27(4)5)24-21(17)18-7-6-10-28(18)20(29)9-8-16-14(2)26-30-15(16)3/h11-12,18H,6-10H2,1-5H3/t18-/m0/s1. The highest BCUT2D eigenvalue weighted by atomic mass is 16.5. The van der Waals surface area contributed by atoms with Crippen molar-refractivity contribution in [2.45, 2.75) is 52.5 Å². The van der Waals surface area contributed by atoms with Gasteiger partial charge in [-0.2, -0.15) is 0 Å². The van der Waals surface area contributed by atoms with E-state index in [0.29, 0.717) is 31.1 Å². The van der Waals surface area contributed by atoms with Gasteiger partial charge in [0.05, 0.1) is 28.7 Å². The molecule has 9 heteroatoms. The Labute approximate surface area is 181 Å². The third-order valence-electron chi connectivity index (χ3n) is 5.76. The van der Waals surface area contributed by atoms with Crippen molar-refractivity contribution in [2.75, 3.05) is 25.5 Å². The van der Waals surface area contributed by atoms with Gasteiger partial charge in [0.25, 0.3) is 0 Å². The molecule has 3 aromatic rings. The summed E-state index contributed by atoms with van der Waals surface area (Å²) < 4.78 is 10.7. The first-order valence-corrected chi connectivity index (χ1v) is 10.5. The van der Waals surface area contributed by atoms with Crippen LogP contribution in [0.1, 0.15) is 53.7 Å². The number of nitrogens with zero attached hydrogens (tertiary/aromatic N) is 6. The van der Waals surface area contributed by atoms with Gasteiger partial charge in [0, 0.05) is 44.9 Å². The van der Waals surface area contributed by atoms with Crippen LogP contribution < -0.4 is 4.90 Å². The predicted octanol–water partition coefficient (Wildman–Crippen LogP) is 3.41. The van der Waals surface area contributed by atoms with Crippen LogP contribution in [0.15, 0.2) is 21.3 Å². The van der Waals surface area contributed by atoms with Gasteiger partial charge in [-0.05, 0) is 40.0 Å². The molecule has 0 radical (unpaired) electrons. The Bertz CT molecular complexity index is 1070. The number of aromatic nitrogens is 4. The largest absolute Gasteiger partial charge is 0.361 e. The molecule has 0 saturated carbocycles. The van der Waals surface area contributed by atoms with Crippen LogP contribution in [-0.4, -0.2) is 51.7 Å². The summed E-state index contributed by atoms with van der Waals surface area (Å²) in [5.74, 6) is 2.10. The molecule has 0 N–H and O–H groups in total. The van der Waals surface area contributed by atoms with Crippen LogP contribution >= 0.6 is 0 Å². The van der Waals surface area contributed by atoms with Crippen molar-refractivity contribution < 1.29 is 13.8 Å². The molecule has 1 amide bonds. The van der Waals surface area contributed by atoms with Gasteiger partial charge in [0.2, 0.25) is 11.9 Å². The van der Waals surface area contributed by atoms with E-state index in [2.05, 4.69) is 15.3 Å². The average molecular weight is 425 g/mol. The van der Waals surface area contributed by atoms with E-state index in [-0.39, 0.29) is 11.9 Å². The van der Waals surface area contributed by atoms with Gasteiger partial charge in [-0.15, -0.1) is 0 Å². The van der Waals surface area contributed by atoms with E-state index in [1.807, 2.05) is 50.7 Å². The summed E-state index contributed by atoms with van der Waals surface area (Å²) in [6.07, 6.45) is 4.56. The second-order valence-corrected chi connectivity index (χ2v) is 8.24. The summed E-state index contributed by atoms with van der Waals surface area (Å²) >= 11 is 0. The van der Waals surface area contributed by atoms with Crippen LogP contribution in [0.4, 0.5) is 5.95 Å². The average Bonchev–Trinajstić information content (AvgIpc) is 3.47. The Morgan fingerprint density at radius 3 is 2.68 bits per heavy atom. The van der Waals surface area contributed by atoms with Gasteiger partial charge < -0.3 is 18.8 Å². The lowest BCUT2D eigenvalue weighted by Gasteiger charge is -2.26. The van der Waals surface area contributed by atoms with E-state index < -0.39 is 0 Å². The predicted molar refractivity (Wildman–Crippen MR) is 115 cm³/mol. The zero-order valence-corrected chi connectivity index (χ0v) is 18.7. The zero-order valence-electron chi connectivity index (χ0n) is 18.7. The molecule has 1 saturated heterocycles. The molecule has 3 aromatic heterocycles. The summed E-state index contributed by atoms with van der Waals surface area (Å²) in [4.78, 5) is 26.3. The highest BCUT2D eigenvalue weighted by molar-refractivity contribution is 5.78. The molecule has 0 bridgehead atoms. The van der Waals surface area contributed by atoms with Crippen molar-refractivity contribution >= 4 is 11.9 Å². The number of amides is 1. The second-order valence-electron chi connectivity index (χ2n) is 8.24. The van der Waals surface area contributed by atoms with Gasteiger partial charge >= 0.3 is 0 Å². The maximum atomic E-state index is 13.2. The third kappa shape index (κ3) is 4.17. The van der Waals surface area contributed by atoms with Crippen LogP contribution in [-0.2, 0) is 11.2 Å². The van der Waals surface area contributed by atoms with E-state index in [4.69, 9.17) is 14.0 Å². The fourth-order valence-corrected chi connectivity index (χ4v) is 4.12. The van der Waals surface area contributed by atoms with E-state index >= 15 is 0 Å². The van der Waals surface area contributed by atoms with Crippen molar-refractivity contribution in [3.63, 3.8) is 0 Å². The van der Waals surface area contributed by atoms with Gasteiger partial charge in [-0.3, -0.25) is 4.79 Å². The van der Waals surface area contributed by atoms with Crippen LogP contribution in [0.5, 0.6) is 0 Å². The molecular weight excluding hydrogens is 396 g/mol. The lowest BCUT2D eigenvalue weighted by Crippen LogP contribution is -2.32. The van der Waals surface area contributed by atoms with Crippen molar-refractivity contribution in [3.05, 3.63) is 40.7 Å². The quantitative estimate of drug-likeness (QED) is 0.593. The first kappa shape index (κ1) is 21.0. The Hall–Kier alpha value is -3.23. The summed E-state index contributed by atoms with van der Waals surface area (Å²) in [7, 11) is 3.80. The molecule has 1 aliphatic heterocycles. The maximum Gasteiger partial charge on any atom is 0.225 e. The lowest BCUT2D eigenvalue weighted by atomic mass is 10.0. The monoisotopic (exact) mass is 424 g/mol. The molecule has 0 aromatic carbocycles. The molecule has 0 aliphatic carbocycles. The molecule has 164 valence electrons. The Kier molecular flexibility index (Phi) is 5.75. The molecule has 1 fully saturated rings. The third-order valence-corrected chi connectivity index (χ3v) is 5.76. The van der Waals surface area contributed by atoms with Crippen LogP contribution in [0.3, 0.4) is 0 Å². The normalized spacial score (nSPS) is 16.2. The molecule has 1 aliphatic rings. The van der Waals surface area contributed by atoms with Crippen LogP contribution in [0, 0.1) is 20.8 Å². The number of carbonyl (C=O) groups excluding carboxylic acids is 1. The minimum atomic E-state index is -0.126. The number of likely N-dealkylation sites (tertiary alicyclic amines) is 1. The van der Waals surface area contributed by atoms with Crippen molar-refractivity contribution in [1.29, 1.82) is 0 Å². The topological polar surface area (TPSA) is 101 Å².